The molecule has 0 aliphatic heterocycles. The summed E-state index contributed by atoms with van der Waals surface area (Å²) < 4.78 is 0. The van der Waals surface area contributed by atoms with E-state index < -0.39 is 0 Å². The first-order valence-electron chi connectivity index (χ1n) is 6.00. The molecule has 1 aromatic rings. The summed E-state index contributed by atoms with van der Waals surface area (Å²) in [5.74, 6) is -0.0139. The summed E-state index contributed by atoms with van der Waals surface area (Å²) in [4.78, 5) is 11.7. The van der Waals surface area contributed by atoms with E-state index in [9.17, 15) is 4.79 Å². The number of rotatable bonds is 6. The highest BCUT2D eigenvalue weighted by Gasteiger charge is 2.13. The number of benzene rings is 1. The maximum atomic E-state index is 11.7. The number of carbonyl (C=O) groups excluding carboxylic acids is 1. The van der Waals surface area contributed by atoms with Crippen molar-refractivity contribution in [3.05, 3.63) is 33.8 Å². The minimum Gasteiger partial charge on any atom is -0.355 e. The number of carbonyl (C=O) groups is 1. The second-order valence-corrected chi connectivity index (χ2v) is 4.91. The first-order valence-corrected chi connectivity index (χ1v) is 6.75. The van der Waals surface area contributed by atoms with Crippen LogP contribution in [0, 0.1) is 0 Å². The topological polar surface area (TPSA) is 41.1 Å². The van der Waals surface area contributed by atoms with E-state index in [1.165, 1.54) is 0 Å². The van der Waals surface area contributed by atoms with Crippen molar-refractivity contribution in [3.8, 4) is 0 Å². The summed E-state index contributed by atoms with van der Waals surface area (Å²) in [5.41, 5.74) is 0.816. The zero-order valence-electron chi connectivity index (χ0n) is 10.6. The molecule has 0 aliphatic rings. The Hall–Kier alpha value is -0.770. The highest BCUT2D eigenvalue weighted by Crippen LogP contribution is 2.23. The molecule has 1 amide bonds. The van der Waals surface area contributed by atoms with Gasteiger partial charge in [-0.25, -0.2) is 0 Å². The molecule has 0 radical (unpaired) electrons. The van der Waals surface area contributed by atoms with Crippen LogP contribution in [0.15, 0.2) is 18.2 Å². The summed E-state index contributed by atoms with van der Waals surface area (Å²) >= 11 is 12.1. The third-order valence-corrected chi connectivity index (χ3v) is 3.30. The van der Waals surface area contributed by atoms with Crippen LogP contribution in [0.4, 0.5) is 0 Å². The van der Waals surface area contributed by atoms with Crippen molar-refractivity contribution in [1.82, 2.24) is 10.6 Å². The van der Waals surface area contributed by atoms with E-state index in [0.29, 0.717) is 23.1 Å². The molecule has 0 aliphatic carbocycles. The Labute approximate surface area is 118 Å². The zero-order chi connectivity index (χ0) is 13.5. The maximum absolute atomic E-state index is 11.7. The number of halogens is 2. The molecular weight excluding hydrogens is 271 g/mol. The Morgan fingerprint density at radius 1 is 1.33 bits per heavy atom. The van der Waals surface area contributed by atoms with Gasteiger partial charge < -0.3 is 10.6 Å². The lowest BCUT2D eigenvalue weighted by Gasteiger charge is -2.15. The van der Waals surface area contributed by atoms with Gasteiger partial charge in [-0.3, -0.25) is 4.79 Å². The Bertz CT molecular complexity index is 390. The van der Waals surface area contributed by atoms with Crippen LogP contribution in [0.3, 0.4) is 0 Å². The predicted molar refractivity (Wildman–Crippen MR) is 76.1 cm³/mol. The predicted octanol–water partition coefficient (Wildman–Crippen LogP) is 3.00. The minimum absolute atomic E-state index is 0.0139. The number of hydrogen-bond acceptors (Lipinski definition) is 2. The van der Waals surface area contributed by atoms with Crippen LogP contribution in [0.25, 0.3) is 0 Å². The van der Waals surface area contributed by atoms with Crippen LogP contribution in [0.5, 0.6) is 0 Å². The molecule has 0 fully saturated rings. The van der Waals surface area contributed by atoms with Crippen molar-refractivity contribution in [2.24, 2.45) is 0 Å². The Kier molecular flexibility index (Phi) is 6.47. The molecule has 0 aromatic heterocycles. The smallest absolute Gasteiger partial charge is 0.236 e. The van der Waals surface area contributed by atoms with Gasteiger partial charge in [0.1, 0.15) is 0 Å². The second-order valence-electron chi connectivity index (χ2n) is 4.09. The van der Waals surface area contributed by atoms with Crippen LogP contribution in [-0.4, -0.2) is 18.5 Å². The zero-order valence-corrected chi connectivity index (χ0v) is 12.1. The van der Waals surface area contributed by atoms with Crippen LogP contribution in [0.1, 0.15) is 25.8 Å². The van der Waals surface area contributed by atoms with Crippen molar-refractivity contribution in [1.29, 1.82) is 0 Å². The first kappa shape index (κ1) is 15.3. The lowest BCUT2D eigenvalue weighted by molar-refractivity contribution is -0.122. The molecule has 1 rings (SSSR count). The molecule has 0 spiro atoms. The van der Waals surface area contributed by atoms with E-state index in [2.05, 4.69) is 10.6 Å². The standard InChI is InChI=1S/C13H18Cl2N2O/c1-3-7-16-13(18)9(2)17-8-10-11(14)5-4-6-12(10)15/h4-6,9,17H,3,7-8H2,1-2H3,(H,16,18). The van der Waals surface area contributed by atoms with E-state index in [-0.39, 0.29) is 11.9 Å². The van der Waals surface area contributed by atoms with Crippen LogP contribution in [-0.2, 0) is 11.3 Å². The molecule has 1 atom stereocenters. The van der Waals surface area contributed by atoms with Crippen LogP contribution >= 0.6 is 23.2 Å². The molecule has 1 aromatic carbocycles. The Morgan fingerprint density at radius 2 is 1.94 bits per heavy atom. The van der Waals surface area contributed by atoms with Gasteiger partial charge in [0.25, 0.3) is 0 Å². The number of hydrogen-bond donors (Lipinski definition) is 2. The van der Waals surface area contributed by atoms with Gasteiger partial charge in [-0.05, 0) is 25.5 Å². The van der Waals surface area contributed by atoms with Crippen molar-refractivity contribution < 1.29 is 4.79 Å². The van der Waals surface area contributed by atoms with Gasteiger partial charge in [-0.1, -0.05) is 36.2 Å². The monoisotopic (exact) mass is 288 g/mol. The molecule has 18 heavy (non-hydrogen) atoms. The third kappa shape index (κ3) is 4.48. The van der Waals surface area contributed by atoms with Crippen LogP contribution < -0.4 is 10.6 Å². The quantitative estimate of drug-likeness (QED) is 0.845. The van der Waals surface area contributed by atoms with E-state index in [1.807, 2.05) is 13.8 Å². The molecule has 0 bridgehead atoms. The normalized spacial score (nSPS) is 12.2. The lowest BCUT2D eigenvalue weighted by atomic mass is 10.2. The molecule has 5 heteroatoms. The van der Waals surface area contributed by atoms with E-state index in [1.54, 1.807) is 18.2 Å². The second kappa shape index (κ2) is 7.62. The molecule has 100 valence electrons. The summed E-state index contributed by atoms with van der Waals surface area (Å²) in [6.07, 6.45) is 0.925. The van der Waals surface area contributed by atoms with E-state index in [4.69, 9.17) is 23.2 Å². The van der Waals surface area contributed by atoms with Crippen molar-refractivity contribution in [2.45, 2.75) is 32.9 Å². The average Bonchev–Trinajstić information content (AvgIpc) is 2.35. The van der Waals surface area contributed by atoms with Gasteiger partial charge in [0, 0.05) is 28.7 Å². The highest BCUT2D eigenvalue weighted by atomic mass is 35.5. The van der Waals surface area contributed by atoms with E-state index in [0.717, 1.165) is 12.0 Å². The molecule has 1 unspecified atom stereocenters. The third-order valence-electron chi connectivity index (χ3n) is 2.59. The van der Waals surface area contributed by atoms with Gasteiger partial charge in [0.2, 0.25) is 5.91 Å². The molecule has 2 N–H and O–H groups in total. The fourth-order valence-electron chi connectivity index (χ4n) is 1.45. The van der Waals surface area contributed by atoms with Crippen molar-refractivity contribution in [3.63, 3.8) is 0 Å². The van der Waals surface area contributed by atoms with Crippen LogP contribution in [0.2, 0.25) is 10.0 Å². The molecule has 0 saturated heterocycles. The fraction of sp³-hybridized carbons (Fsp3) is 0.462. The summed E-state index contributed by atoms with van der Waals surface area (Å²) in [6.45, 7) is 4.99. The first-order chi connectivity index (χ1) is 8.56. The SMILES string of the molecule is CCCNC(=O)C(C)NCc1c(Cl)cccc1Cl. The van der Waals surface area contributed by atoms with Gasteiger partial charge in [-0.15, -0.1) is 0 Å². The lowest BCUT2D eigenvalue weighted by Crippen LogP contribution is -2.42. The average molecular weight is 289 g/mol. The Balaban J connectivity index is 2.52. The van der Waals surface area contributed by atoms with E-state index >= 15 is 0 Å². The summed E-state index contributed by atoms with van der Waals surface area (Å²) in [7, 11) is 0. The minimum atomic E-state index is -0.274. The van der Waals surface area contributed by atoms with Crippen molar-refractivity contribution in [2.75, 3.05) is 6.54 Å². The maximum Gasteiger partial charge on any atom is 0.236 e. The van der Waals surface area contributed by atoms with Gasteiger partial charge in [-0.2, -0.15) is 0 Å². The Morgan fingerprint density at radius 3 is 2.50 bits per heavy atom. The molecule has 3 nitrogen and oxygen atoms in total. The fourth-order valence-corrected chi connectivity index (χ4v) is 1.98. The summed E-state index contributed by atoms with van der Waals surface area (Å²) in [5, 5.41) is 7.15. The molecule has 0 heterocycles. The number of amides is 1. The van der Waals surface area contributed by atoms with Gasteiger partial charge in [0.05, 0.1) is 6.04 Å². The summed E-state index contributed by atoms with van der Waals surface area (Å²) in [6, 6.07) is 5.09. The number of nitrogens with one attached hydrogen (secondary N) is 2. The van der Waals surface area contributed by atoms with Gasteiger partial charge >= 0.3 is 0 Å². The van der Waals surface area contributed by atoms with Crippen molar-refractivity contribution >= 4 is 29.1 Å². The molecule has 0 saturated carbocycles. The van der Waals surface area contributed by atoms with Gasteiger partial charge in [0.15, 0.2) is 0 Å². The highest BCUT2D eigenvalue weighted by molar-refractivity contribution is 6.35. The molecular formula is C13H18Cl2N2O. The largest absolute Gasteiger partial charge is 0.355 e.